The molecule has 7 nitrogen and oxygen atoms in total. The summed E-state index contributed by atoms with van der Waals surface area (Å²) in [7, 11) is 0. The number of anilines is 2. The van der Waals surface area contributed by atoms with Crippen LogP contribution in [0.5, 0.6) is 0 Å². The Morgan fingerprint density at radius 3 is 2.86 bits per heavy atom. The highest BCUT2D eigenvalue weighted by molar-refractivity contribution is 5.87. The van der Waals surface area contributed by atoms with E-state index in [4.69, 9.17) is 10.1 Å². The van der Waals surface area contributed by atoms with Crippen molar-refractivity contribution in [3.63, 3.8) is 0 Å². The molecule has 1 saturated carbocycles. The number of carbonyl (C=O) groups is 1. The Bertz CT molecular complexity index is 1230. The van der Waals surface area contributed by atoms with E-state index in [1.807, 2.05) is 30.0 Å². The first kappa shape index (κ1) is 23.1. The van der Waals surface area contributed by atoms with Crippen molar-refractivity contribution in [3.8, 4) is 17.2 Å². The molecule has 180 valence electrons. The number of carbonyl (C=O) groups excluding carboxylic acids is 1. The number of piperazine rings is 1. The summed E-state index contributed by atoms with van der Waals surface area (Å²) < 4.78 is 0. The molecule has 7 heteroatoms. The van der Waals surface area contributed by atoms with Crippen LogP contribution in [-0.4, -0.2) is 59.2 Å². The van der Waals surface area contributed by atoms with Gasteiger partial charge in [-0.2, -0.15) is 5.26 Å². The molecule has 2 unspecified atom stereocenters. The van der Waals surface area contributed by atoms with Gasteiger partial charge in [0.15, 0.2) is 0 Å². The van der Waals surface area contributed by atoms with Gasteiger partial charge in [0, 0.05) is 54.8 Å². The minimum atomic E-state index is -0.139. The summed E-state index contributed by atoms with van der Waals surface area (Å²) in [6.07, 6.45) is 8.46. The van der Waals surface area contributed by atoms with Crippen molar-refractivity contribution in [2.24, 2.45) is 0 Å². The van der Waals surface area contributed by atoms with Gasteiger partial charge in [-0.25, -0.2) is 4.98 Å². The van der Waals surface area contributed by atoms with Gasteiger partial charge in [0.05, 0.1) is 23.9 Å². The second-order valence-electron chi connectivity index (χ2n) is 9.57. The first-order valence-electron chi connectivity index (χ1n) is 12.3. The van der Waals surface area contributed by atoms with E-state index in [1.54, 1.807) is 0 Å². The van der Waals surface area contributed by atoms with E-state index in [0.29, 0.717) is 36.9 Å². The predicted molar refractivity (Wildman–Crippen MR) is 138 cm³/mol. The van der Waals surface area contributed by atoms with Crippen LogP contribution in [0, 0.1) is 11.3 Å². The number of benzene rings is 1. The highest BCUT2D eigenvalue weighted by Gasteiger charge is 2.33. The molecule has 1 aromatic carbocycles. The number of amides is 1. The van der Waals surface area contributed by atoms with E-state index in [1.165, 1.54) is 0 Å². The molecule has 2 aromatic rings. The normalized spacial score (nSPS) is 21.2. The first-order valence-corrected chi connectivity index (χ1v) is 12.3. The average Bonchev–Trinajstić information content (AvgIpc) is 3.72. The third kappa shape index (κ3) is 4.42. The molecule has 3 aliphatic rings. The van der Waals surface area contributed by atoms with Crippen LogP contribution in [0.3, 0.4) is 0 Å². The maximum Gasteiger partial charge on any atom is 0.225 e. The van der Waals surface area contributed by atoms with E-state index in [0.717, 1.165) is 40.9 Å². The Kier molecular flexibility index (Phi) is 6.31. The van der Waals surface area contributed by atoms with Gasteiger partial charge in [0.25, 0.3) is 0 Å². The summed E-state index contributed by atoms with van der Waals surface area (Å²) in [6, 6.07) is 10.7. The molecular weight excluding hydrogens is 438 g/mol. The number of nitriles is 1. The fourth-order valence-corrected chi connectivity index (χ4v) is 5.15. The zero-order valence-corrected chi connectivity index (χ0v) is 20.1. The largest absolute Gasteiger partial charge is 0.396 e. The number of fused-ring (bicyclic) bond motifs is 1. The van der Waals surface area contributed by atoms with Crippen molar-refractivity contribution < 1.29 is 9.90 Å². The molecule has 0 spiro atoms. The summed E-state index contributed by atoms with van der Waals surface area (Å²) in [6.45, 7) is 7.54. The number of nitrogens with one attached hydrogen (secondary N) is 1. The second kappa shape index (κ2) is 9.55. The van der Waals surface area contributed by atoms with Gasteiger partial charge < -0.3 is 20.2 Å². The number of aromatic nitrogens is 1. The van der Waals surface area contributed by atoms with Crippen molar-refractivity contribution in [2.45, 2.75) is 44.2 Å². The Morgan fingerprint density at radius 2 is 2.17 bits per heavy atom. The highest BCUT2D eigenvalue weighted by Crippen LogP contribution is 2.46. The van der Waals surface area contributed by atoms with Crippen LogP contribution in [0.15, 0.2) is 43.0 Å². The molecule has 2 atom stereocenters. The zero-order chi connectivity index (χ0) is 24.5. The number of rotatable bonds is 6. The summed E-state index contributed by atoms with van der Waals surface area (Å²) in [5, 5.41) is 22.7. The Balaban J connectivity index is 1.52. The Hall–Kier alpha value is -3.63. The van der Waals surface area contributed by atoms with Crippen LogP contribution in [0.25, 0.3) is 17.2 Å². The SMILES string of the molecule is C=CC1C=Cc2c(cccc2-c2cc(C#N)c(N3CCN(C(=O)CCO)C(C)C3)nc2C2CC2)N1. The van der Waals surface area contributed by atoms with E-state index in [-0.39, 0.29) is 31.0 Å². The summed E-state index contributed by atoms with van der Waals surface area (Å²) >= 11 is 0. The maximum absolute atomic E-state index is 12.3. The molecule has 5 rings (SSSR count). The van der Waals surface area contributed by atoms with Crippen molar-refractivity contribution >= 4 is 23.5 Å². The van der Waals surface area contributed by atoms with Crippen LogP contribution < -0.4 is 10.2 Å². The molecule has 2 fully saturated rings. The lowest BCUT2D eigenvalue weighted by Crippen LogP contribution is -2.54. The molecule has 0 bridgehead atoms. The smallest absolute Gasteiger partial charge is 0.225 e. The van der Waals surface area contributed by atoms with Crippen molar-refractivity contribution in [2.75, 3.05) is 36.5 Å². The molecule has 1 saturated heterocycles. The predicted octanol–water partition coefficient (Wildman–Crippen LogP) is 3.91. The number of hydrogen-bond donors (Lipinski definition) is 2. The van der Waals surface area contributed by atoms with Gasteiger partial charge in [-0.15, -0.1) is 6.58 Å². The Labute approximate surface area is 206 Å². The molecule has 1 amide bonds. The molecule has 3 heterocycles. The quantitative estimate of drug-likeness (QED) is 0.623. The fourth-order valence-electron chi connectivity index (χ4n) is 5.15. The lowest BCUT2D eigenvalue weighted by Gasteiger charge is -2.41. The molecule has 1 aromatic heterocycles. The second-order valence-corrected chi connectivity index (χ2v) is 9.57. The third-order valence-corrected chi connectivity index (χ3v) is 7.13. The minimum Gasteiger partial charge on any atom is -0.396 e. The van der Waals surface area contributed by atoms with E-state index in [9.17, 15) is 10.1 Å². The van der Waals surface area contributed by atoms with Crippen LogP contribution in [0.4, 0.5) is 11.5 Å². The zero-order valence-electron chi connectivity index (χ0n) is 20.1. The van der Waals surface area contributed by atoms with Gasteiger partial charge >= 0.3 is 0 Å². The molecule has 1 aliphatic carbocycles. The number of aliphatic hydroxyl groups excluding tert-OH is 1. The van der Waals surface area contributed by atoms with E-state index in [2.05, 4.69) is 47.1 Å². The summed E-state index contributed by atoms with van der Waals surface area (Å²) in [4.78, 5) is 21.4. The number of hydrogen-bond acceptors (Lipinski definition) is 6. The van der Waals surface area contributed by atoms with Crippen LogP contribution >= 0.6 is 0 Å². The van der Waals surface area contributed by atoms with Crippen molar-refractivity contribution in [1.82, 2.24) is 9.88 Å². The lowest BCUT2D eigenvalue weighted by atomic mass is 9.92. The van der Waals surface area contributed by atoms with Gasteiger partial charge in [-0.1, -0.05) is 30.4 Å². The van der Waals surface area contributed by atoms with Gasteiger partial charge in [0.1, 0.15) is 11.9 Å². The molecular formula is C28H31N5O2. The average molecular weight is 470 g/mol. The van der Waals surface area contributed by atoms with Crippen LogP contribution in [0.1, 0.15) is 48.9 Å². The van der Waals surface area contributed by atoms with Crippen molar-refractivity contribution in [3.05, 3.63) is 59.8 Å². The monoisotopic (exact) mass is 469 g/mol. The van der Waals surface area contributed by atoms with Crippen LogP contribution in [0.2, 0.25) is 0 Å². The van der Waals surface area contributed by atoms with E-state index >= 15 is 0 Å². The third-order valence-electron chi connectivity index (χ3n) is 7.13. The highest BCUT2D eigenvalue weighted by atomic mass is 16.3. The number of aliphatic hydroxyl groups is 1. The maximum atomic E-state index is 12.3. The molecule has 35 heavy (non-hydrogen) atoms. The Morgan fingerprint density at radius 1 is 1.34 bits per heavy atom. The molecule has 2 aliphatic heterocycles. The molecule has 0 radical (unpaired) electrons. The number of nitrogens with zero attached hydrogens (tertiary/aromatic N) is 4. The van der Waals surface area contributed by atoms with Crippen molar-refractivity contribution in [1.29, 1.82) is 5.26 Å². The summed E-state index contributed by atoms with van der Waals surface area (Å²) in [5.41, 5.74) is 5.88. The standard InChI is InChI=1S/C28H31N5O2/c1-3-21-9-10-23-22(5-4-6-25(23)30-21)24-15-20(16-29)28(31-27(24)19-7-8-19)32-12-13-33(18(2)17-32)26(35)11-14-34/h3-6,9-10,15,18-19,21,30,34H,1,7-8,11-14,17H2,2H3. The lowest BCUT2D eigenvalue weighted by molar-refractivity contribution is -0.134. The van der Waals surface area contributed by atoms with Gasteiger partial charge in [0.2, 0.25) is 5.91 Å². The van der Waals surface area contributed by atoms with E-state index < -0.39 is 0 Å². The molecule has 2 N–H and O–H groups in total. The fraction of sp³-hybridized carbons (Fsp3) is 0.393. The first-order chi connectivity index (χ1) is 17.0. The van der Waals surface area contributed by atoms with Crippen LogP contribution in [-0.2, 0) is 4.79 Å². The van der Waals surface area contributed by atoms with Gasteiger partial charge in [-0.3, -0.25) is 4.79 Å². The summed E-state index contributed by atoms with van der Waals surface area (Å²) in [5.74, 6) is 1.08. The minimum absolute atomic E-state index is 0.0182. The van der Waals surface area contributed by atoms with Gasteiger partial charge in [-0.05, 0) is 37.5 Å². The topological polar surface area (TPSA) is 92.5 Å². The number of pyridine rings is 1.